The van der Waals surface area contributed by atoms with Crippen LogP contribution in [-0.2, 0) is 53.8 Å². The van der Waals surface area contributed by atoms with E-state index in [0.717, 1.165) is 53.6 Å². The lowest BCUT2D eigenvalue weighted by Gasteiger charge is -2.36. The zero-order valence-electron chi connectivity index (χ0n) is 63.2. The highest BCUT2D eigenvalue weighted by Gasteiger charge is 2.51. The minimum absolute atomic E-state index is 0.0564. The quantitative estimate of drug-likeness (QED) is 0.154. The molecule has 0 heterocycles. The van der Waals surface area contributed by atoms with Crippen molar-refractivity contribution in [2.45, 2.75) is 81.5 Å². The lowest BCUT2D eigenvalue weighted by Crippen LogP contribution is -2.30. The molecule has 532 valence electrons. The second-order valence-electron chi connectivity index (χ2n) is 32.0. The van der Waals surface area contributed by atoms with Gasteiger partial charge in [-0.25, -0.2) is 0 Å². The third-order valence-electron chi connectivity index (χ3n) is 25.5. The molecular weight excluding hydrogens is 1400 g/mol. The SMILES string of the molecule is Brc1ccc2c(c1)C1(c3ccccc3CCc3ccccc31)c1ccccc1-2.CC1(C)c2ccccc2-c2ccc(Cc3ccccc3-c3ccccc3)cc21.CC1(C)c2ccccc2-c2ccc(N(c3ccc4c(c3)C3(c5ccccc5CCc5ccccc53)c3ccccc3-4)c3ccccc3-c3ccccc3)cc21. The van der Waals surface area contributed by atoms with E-state index in [2.05, 4.69) is 425 Å². The second-order valence-corrected chi connectivity index (χ2v) is 32.9. The molecule has 16 aromatic rings. The van der Waals surface area contributed by atoms with Gasteiger partial charge in [0.15, 0.2) is 0 Å². The van der Waals surface area contributed by atoms with Crippen molar-refractivity contribution in [3.63, 3.8) is 0 Å². The molecule has 0 radical (unpaired) electrons. The van der Waals surface area contributed by atoms with Crippen molar-refractivity contribution in [1.29, 1.82) is 0 Å². The highest BCUT2D eigenvalue weighted by atomic mass is 79.9. The number of hydrogen-bond acceptors (Lipinski definition) is 1. The minimum atomic E-state index is -0.447. The first-order valence-electron chi connectivity index (χ1n) is 39.5. The molecule has 1 nitrogen and oxygen atoms in total. The molecular formula is C109H84BrN. The monoisotopic (exact) mass is 1490 g/mol. The Bertz CT molecular complexity index is 6250. The highest BCUT2D eigenvalue weighted by Crippen LogP contribution is 2.62. The molecule has 0 saturated carbocycles. The van der Waals surface area contributed by atoms with Gasteiger partial charge in [-0.3, -0.25) is 0 Å². The molecule has 111 heavy (non-hydrogen) atoms. The average Bonchev–Trinajstić information content (AvgIpc) is 1.53. The molecule has 0 saturated heterocycles. The topological polar surface area (TPSA) is 3.24 Å². The van der Waals surface area contributed by atoms with Gasteiger partial charge in [0.05, 0.1) is 16.5 Å². The van der Waals surface area contributed by atoms with Gasteiger partial charge in [-0.15, -0.1) is 0 Å². The molecule has 22 rings (SSSR count). The van der Waals surface area contributed by atoms with Gasteiger partial charge in [0.2, 0.25) is 0 Å². The van der Waals surface area contributed by atoms with Crippen molar-refractivity contribution in [2.24, 2.45) is 0 Å². The number of hydrogen-bond donors (Lipinski definition) is 0. The Balaban J connectivity index is 0.000000120. The van der Waals surface area contributed by atoms with Gasteiger partial charge in [-0.05, 0) is 236 Å². The van der Waals surface area contributed by atoms with Crippen LogP contribution in [0.2, 0.25) is 0 Å². The van der Waals surface area contributed by atoms with Crippen LogP contribution in [0, 0.1) is 0 Å². The zero-order chi connectivity index (χ0) is 74.6. The summed E-state index contributed by atoms with van der Waals surface area (Å²) in [5, 5.41) is 0. The van der Waals surface area contributed by atoms with E-state index in [9.17, 15) is 0 Å². The maximum Gasteiger partial charge on any atom is 0.0719 e. The Morgan fingerprint density at radius 2 is 0.559 bits per heavy atom. The fourth-order valence-electron chi connectivity index (χ4n) is 20.5. The summed E-state index contributed by atoms with van der Waals surface area (Å²) in [6.07, 6.45) is 5.16. The molecule has 0 amide bonds. The summed E-state index contributed by atoms with van der Waals surface area (Å²) >= 11 is 3.76. The number of fused-ring (bicyclic) bond motifs is 24. The van der Waals surface area contributed by atoms with E-state index >= 15 is 0 Å². The van der Waals surface area contributed by atoms with Crippen LogP contribution < -0.4 is 4.90 Å². The molecule has 0 aliphatic heterocycles. The van der Waals surface area contributed by atoms with E-state index in [1.54, 1.807) is 0 Å². The summed E-state index contributed by atoms with van der Waals surface area (Å²) in [4.78, 5) is 2.52. The predicted molar refractivity (Wildman–Crippen MR) is 466 cm³/mol. The third-order valence-corrected chi connectivity index (χ3v) is 26.0. The average molecular weight is 1490 g/mol. The predicted octanol–water partition coefficient (Wildman–Crippen LogP) is 27.8. The third kappa shape index (κ3) is 10.8. The molecule has 0 aromatic heterocycles. The number of para-hydroxylation sites is 1. The van der Waals surface area contributed by atoms with E-state index in [0.29, 0.717) is 0 Å². The van der Waals surface area contributed by atoms with Crippen LogP contribution in [0.15, 0.2) is 381 Å². The highest BCUT2D eigenvalue weighted by molar-refractivity contribution is 9.10. The van der Waals surface area contributed by atoms with Crippen LogP contribution in [0.4, 0.5) is 17.1 Å². The Morgan fingerprint density at radius 3 is 1.04 bits per heavy atom. The van der Waals surface area contributed by atoms with Crippen molar-refractivity contribution < 1.29 is 0 Å². The van der Waals surface area contributed by atoms with Crippen LogP contribution in [-0.4, -0.2) is 0 Å². The Labute approximate surface area is 662 Å². The summed E-state index contributed by atoms with van der Waals surface area (Å²) in [5.74, 6) is 0. The maximum atomic E-state index is 3.76. The summed E-state index contributed by atoms with van der Waals surface area (Å²) in [6, 6.07) is 140. The lowest BCUT2D eigenvalue weighted by atomic mass is 9.66. The number of aryl methyl sites for hydroxylation is 4. The maximum absolute atomic E-state index is 3.76. The first-order valence-corrected chi connectivity index (χ1v) is 40.3. The number of anilines is 3. The first kappa shape index (κ1) is 68.1. The van der Waals surface area contributed by atoms with E-state index in [1.165, 1.54) is 167 Å². The molecule has 6 aliphatic carbocycles. The van der Waals surface area contributed by atoms with E-state index < -0.39 is 5.41 Å². The van der Waals surface area contributed by atoms with Gasteiger partial charge in [-0.1, -0.05) is 377 Å². The van der Waals surface area contributed by atoms with E-state index in [4.69, 9.17) is 0 Å². The largest absolute Gasteiger partial charge is 0.310 e. The molecule has 0 atom stereocenters. The van der Waals surface area contributed by atoms with E-state index in [-0.39, 0.29) is 16.2 Å². The van der Waals surface area contributed by atoms with E-state index in [1.807, 2.05) is 0 Å². The van der Waals surface area contributed by atoms with Gasteiger partial charge in [0, 0.05) is 32.2 Å². The second kappa shape index (κ2) is 27.1. The fraction of sp³-hybridized carbons (Fsp3) is 0.119. The molecule has 0 N–H and O–H groups in total. The molecule has 0 unspecified atom stereocenters. The van der Waals surface area contributed by atoms with Gasteiger partial charge in [-0.2, -0.15) is 0 Å². The Kier molecular flexibility index (Phi) is 16.6. The summed E-state index contributed by atoms with van der Waals surface area (Å²) in [7, 11) is 0. The summed E-state index contributed by atoms with van der Waals surface area (Å²) in [5.41, 5.74) is 43.9. The van der Waals surface area contributed by atoms with Crippen LogP contribution in [0.5, 0.6) is 0 Å². The van der Waals surface area contributed by atoms with Gasteiger partial charge < -0.3 is 4.90 Å². The zero-order valence-corrected chi connectivity index (χ0v) is 64.7. The Morgan fingerprint density at radius 1 is 0.243 bits per heavy atom. The number of nitrogens with zero attached hydrogens (tertiary/aromatic N) is 1. The smallest absolute Gasteiger partial charge is 0.0719 e. The van der Waals surface area contributed by atoms with Gasteiger partial charge in [0.1, 0.15) is 0 Å². The van der Waals surface area contributed by atoms with Crippen molar-refractivity contribution >= 4 is 33.0 Å². The normalized spacial score (nSPS) is 14.7. The first-order chi connectivity index (χ1) is 54.5. The molecule has 16 aromatic carbocycles. The van der Waals surface area contributed by atoms with Crippen molar-refractivity contribution in [2.75, 3.05) is 4.90 Å². The van der Waals surface area contributed by atoms with Crippen molar-refractivity contribution in [3.05, 3.63) is 481 Å². The fourth-order valence-corrected chi connectivity index (χ4v) is 20.9. The van der Waals surface area contributed by atoms with Crippen LogP contribution in [0.3, 0.4) is 0 Å². The molecule has 0 fully saturated rings. The lowest BCUT2D eigenvalue weighted by molar-refractivity contribution is 0.659. The number of halogens is 1. The summed E-state index contributed by atoms with van der Waals surface area (Å²) in [6.45, 7) is 9.45. The van der Waals surface area contributed by atoms with Crippen molar-refractivity contribution in [3.8, 4) is 66.8 Å². The van der Waals surface area contributed by atoms with Crippen molar-refractivity contribution in [1.82, 2.24) is 0 Å². The van der Waals surface area contributed by atoms with Gasteiger partial charge in [0.25, 0.3) is 0 Å². The van der Waals surface area contributed by atoms with Crippen LogP contribution >= 0.6 is 15.9 Å². The molecule has 6 aliphatic rings. The van der Waals surface area contributed by atoms with Crippen LogP contribution in [0.25, 0.3) is 66.8 Å². The molecule has 0 bridgehead atoms. The number of rotatable bonds is 7. The Hall–Kier alpha value is -12.2. The molecule has 2 spiro atoms. The standard InChI is InChI=1S/C54H41N.C28H24.C27H19Br/c1-53(2)48-25-13-8-21-42(48)44-32-30-39(34-50(44)53)55(52-27-15-10-20-41(52)36-16-4-3-5-17-36)40-31-33-45-43-22-9-14-26-49(43)54(51(45)35-40)46-23-11-6-18-37(46)28-29-38-19-7-12-24-47(38)54;1-28(2)26-15-9-8-14-24(26)25-17-16-20(19-27(25)28)18-22-12-6-7-13-23(22)21-10-4-3-5-11-21;28-20-15-16-22-21-9-3-6-12-25(21)27(26(22)17-20)23-10-4-1-7-18(23)13-14-19-8-2-5-11-24(19)27/h3-27,30-35H,28-29H2,1-2H3;3-17,19H,18H2,1-2H3;1-12,15-17H,13-14H2. The number of benzene rings is 16. The summed E-state index contributed by atoms with van der Waals surface area (Å²) < 4.78 is 1.14. The molecule has 2 heteroatoms. The van der Waals surface area contributed by atoms with Crippen LogP contribution in [0.1, 0.15) is 128 Å². The minimum Gasteiger partial charge on any atom is -0.310 e. The van der Waals surface area contributed by atoms with Gasteiger partial charge >= 0.3 is 0 Å².